The van der Waals surface area contributed by atoms with Gasteiger partial charge in [0.25, 0.3) is 0 Å². The molecule has 46 heavy (non-hydrogen) atoms. The number of esters is 1. The molecule has 0 radical (unpaired) electrons. The Morgan fingerprint density at radius 3 is 2.28 bits per heavy atom. The summed E-state index contributed by atoms with van der Waals surface area (Å²) in [5, 5.41) is 10.4. The zero-order valence-corrected chi connectivity index (χ0v) is 27.7. The van der Waals surface area contributed by atoms with Crippen molar-refractivity contribution in [3.63, 3.8) is 0 Å². The standard InChI is InChI=1S/C31H46N6O8S/c1-19(2)27(36-25(39)10-6-5-7-16-37-26(40)17-24(46-4)30(37)43)29(42)35-23(9-8-15-33-31(32)44)28(41)34-22-13-11-21(12-14-22)18-45-20(3)38/h11-14,19,23-24,27H,5-10,15-18H2,1-4H3,(H,34,41)(H,35,42)(H,36,39)(H3,32,33,44)/t23-,24?,27-/m0/s1. The van der Waals surface area contributed by atoms with Crippen LogP contribution in [0.1, 0.15) is 71.3 Å². The molecule has 0 aromatic heterocycles. The number of hydrogen-bond donors (Lipinski definition) is 5. The van der Waals surface area contributed by atoms with Crippen LogP contribution in [0.5, 0.6) is 0 Å². The smallest absolute Gasteiger partial charge is 0.312 e. The largest absolute Gasteiger partial charge is 0.461 e. The third kappa shape index (κ3) is 13.1. The predicted molar refractivity (Wildman–Crippen MR) is 173 cm³/mol. The summed E-state index contributed by atoms with van der Waals surface area (Å²) < 4.78 is 4.97. The number of anilines is 1. The number of urea groups is 1. The van der Waals surface area contributed by atoms with E-state index < -0.39 is 35.9 Å². The van der Waals surface area contributed by atoms with E-state index >= 15 is 0 Å². The summed E-state index contributed by atoms with van der Waals surface area (Å²) in [6.45, 7) is 5.48. The number of amides is 7. The zero-order valence-electron chi connectivity index (χ0n) is 26.9. The number of nitrogens with zero attached hydrogens (tertiary/aromatic N) is 1. The summed E-state index contributed by atoms with van der Waals surface area (Å²) in [6, 6.07) is 4.08. The van der Waals surface area contributed by atoms with Crippen molar-refractivity contribution >= 4 is 59.0 Å². The van der Waals surface area contributed by atoms with E-state index in [2.05, 4.69) is 21.3 Å². The molecular weight excluding hydrogens is 616 g/mol. The Labute approximate surface area is 273 Å². The molecular formula is C31H46N6O8S. The minimum Gasteiger partial charge on any atom is -0.461 e. The molecule has 1 saturated heterocycles. The highest BCUT2D eigenvalue weighted by atomic mass is 32.2. The van der Waals surface area contributed by atoms with Crippen LogP contribution in [-0.4, -0.2) is 83.1 Å². The van der Waals surface area contributed by atoms with Gasteiger partial charge in [0.1, 0.15) is 18.7 Å². The van der Waals surface area contributed by atoms with Gasteiger partial charge in [-0.2, -0.15) is 11.8 Å². The van der Waals surface area contributed by atoms with Crippen LogP contribution < -0.4 is 27.0 Å². The molecule has 254 valence electrons. The number of nitrogens with one attached hydrogen (secondary N) is 4. The molecule has 1 aliphatic rings. The van der Waals surface area contributed by atoms with Crippen LogP contribution in [0, 0.1) is 5.92 Å². The second-order valence-corrected chi connectivity index (χ2v) is 12.4. The van der Waals surface area contributed by atoms with Gasteiger partial charge in [-0.1, -0.05) is 32.4 Å². The highest BCUT2D eigenvalue weighted by Gasteiger charge is 2.37. The number of imide groups is 1. The second kappa shape index (κ2) is 19.4. The molecule has 1 aromatic carbocycles. The first-order chi connectivity index (χ1) is 21.8. The number of hydrogen-bond acceptors (Lipinski definition) is 9. The lowest BCUT2D eigenvalue weighted by atomic mass is 10.0. The van der Waals surface area contributed by atoms with Crippen molar-refractivity contribution in [3.8, 4) is 0 Å². The van der Waals surface area contributed by atoms with E-state index in [1.54, 1.807) is 44.4 Å². The van der Waals surface area contributed by atoms with Crippen molar-refractivity contribution in [2.24, 2.45) is 11.7 Å². The van der Waals surface area contributed by atoms with E-state index in [4.69, 9.17) is 10.5 Å². The molecule has 1 aromatic rings. The number of carbonyl (C=O) groups excluding carboxylic acids is 7. The first-order valence-corrected chi connectivity index (χ1v) is 16.6. The SMILES string of the molecule is CSC1CC(=O)N(CCCCCC(=O)N[C@H](C(=O)N[C@@H](CCCNC(N)=O)C(=O)Nc2ccc(COC(C)=O)cc2)C(C)C)C1=O. The van der Waals surface area contributed by atoms with E-state index in [9.17, 15) is 33.6 Å². The summed E-state index contributed by atoms with van der Waals surface area (Å²) in [4.78, 5) is 87.0. The Morgan fingerprint density at radius 2 is 1.70 bits per heavy atom. The van der Waals surface area contributed by atoms with Gasteiger partial charge in [-0.3, -0.25) is 33.7 Å². The molecule has 7 amide bonds. The Balaban J connectivity index is 1.93. The molecule has 15 heteroatoms. The highest BCUT2D eigenvalue weighted by Crippen LogP contribution is 2.23. The Bertz CT molecular complexity index is 1240. The molecule has 1 aliphatic heterocycles. The summed E-state index contributed by atoms with van der Waals surface area (Å²) in [6.07, 6.45) is 4.42. The van der Waals surface area contributed by atoms with Crippen LogP contribution >= 0.6 is 11.8 Å². The number of benzene rings is 1. The lowest BCUT2D eigenvalue weighted by Gasteiger charge is -2.25. The van der Waals surface area contributed by atoms with Gasteiger partial charge in [-0.05, 0) is 55.6 Å². The average Bonchev–Trinajstić information content (AvgIpc) is 3.28. The second-order valence-electron chi connectivity index (χ2n) is 11.4. The molecule has 0 saturated carbocycles. The molecule has 0 aliphatic carbocycles. The number of nitrogens with two attached hydrogens (primary N) is 1. The number of primary amides is 1. The van der Waals surface area contributed by atoms with E-state index in [1.807, 2.05) is 0 Å². The fourth-order valence-electron chi connectivity index (χ4n) is 4.73. The van der Waals surface area contributed by atoms with E-state index in [1.165, 1.54) is 23.6 Å². The number of ether oxygens (including phenoxy) is 1. The predicted octanol–water partition coefficient (Wildman–Crippen LogP) is 1.81. The Hall–Kier alpha value is -4.14. The lowest BCUT2D eigenvalue weighted by molar-refractivity contribution is -0.142. The molecule has 2 rings (SSSR count). The van der Waals surface area contributed by atoms with Crippen molar-refractivity contribution in [2.75, 3.05) is 24.7 Å². The van der Waals surface area contributed by atoms with Crippen LogP contribution in [0.25, 0.3) is 0 Å². The highest BCUT2D eigenvalue weighted by molar-refractivity contribution is 8.00. The molecule has 1 unspecified atom stereocenters. The van der Waals surface area contributed by atoms with Gasteiger partial charge < -0.3 is 31.7 Å². The van der Waals surface area contributed by atoms with Crippen molar-refractivity contribution in [1.82, 2.24) is 20.9 Å². The molecule has 1 heterocycles. The third-order valence-electron chi connectivity index (χ3n) is 7.30. The molecule has 0 spiro atoms. The topological polar surface area (TPSA) is 206 Å². The van der Waals surface area contributed by atoms with Gasteiger partial charge in [-0.25, -0.2) is 4.79 Å². The van der Waals surface area contributed by atoms with E-state index in [0.29, 0.717) is 37.9 Å². The molecule has 1 fully saturated rings. The van der Waals surface area contributed by atoms with Gasteiger partial charge in [0, 0.05) is 38.5 Å². The number of rotatable bonds is 19. The maximum Gasteiger partial charge on any atom is 0.312 e. The fourth-order valence-corrected chi connectivity index (χ4v) is 5.37. The van der Waals surface area contributed by atoms with Gasteiger partial charge in [0.05, 0.1) is 5.25 Å². The monoisotopic (exact) mass is 662 g/mol. The average molecular weight is 663 g/mol. The number of unbranched alkanes of at least 4 members (excludes halogenated alkanes) is 2. The number of thioether (sulfide) groups is 1. The third-order valence-corrected chi connectivity index (χ3v) is 8.24. The number of likely N-dealkylation sites (tertiary alicyclic amines) is 1. The molecule has 3 atom stereocenters. The first kappa shape index (κ1) is 38.0. The quantitative estimate of drug-likeness (QED) is 0.0831. The van der Waals surface area contributed by atoms with Crippen LogP contribution in [0.3, 0.4) is 0 Å². The summed E-state index contributed by atoms with van der Waals surface area (Å²) in [5.74, 6) is -2.38. The van der Waals surface area contributed by atoms with Crippen LogP contribution in [-0.2, 0) is 40.1 Å². The minimum absolute atomic E-state index is 0.0940. The summed E-state index contributed by atoms with van der Waals surface area (Å²) >= 11 is 1.37. The van der Waals surface area contributed by atoms with Crippen molar-refractivity contribution in [2.45, 2.75) is 89.7 Å². The van der Waals surface area contributed by atoms with Crippen LogP contribution in [0.15, 0.2) is 24.3 Å². The Kier molecular flexibility index (Phi) is 16.0. The van der Waals surface area contributed by atoms with E-state index in [-0.39, 0.29) is 61.3 Å². The van der Waals surface area contributed by atoms with Crippen molar-refractivity contribution < 1.29 is 38.3 Å². The minimum atomic E-state index is -0.984. The van der Waals surface area contributed by atoms with Crippen molar-refractivity contribution in [1.29, 1.82) is 0 Å². The molecule has 6 N–H and O–H groups in total. The van der Waals surface area contributed by atoms with E-state index in [0.717, 1.165) is 5.56 Å². The Morgan fingerprint density at radius 1 is 1.00 bits per heavy atom. The van der Waals surface area contributed by atoms with Crippen LogP contribution in [0.4, 0.5) is 10.5 Å². The molecule has 14 nitrogen and oxygen atoms in total. The molecule has 0 bridgehead atoms. The van der Waals surface area contributed by atoms with Gasteiger partial charge in [-0.15, -0.1) is 0 Å². The maximum absolute atomic E-state index is 13.3. The summed E-state index contributed by atoms with van der Waals surface area (Å²) in [7, 11) is 0. The van der Waals surface area contributed by atoms with Gasteiger partial charge in [0.2, 0.25) is 29.5 Å². The van der Waals surface area contributed by atoms with Gasteiger partial charge >= 0.3 is 12.0 Å². The lowest BCUT2D eigenvalue weighted by Crippen LogP contribution is -2.54. The zero-order chi connectivity index (χ0) is 34.2. The van der Waals surface area contributed by atoms with Crippen LogP contribution in [0.2, 0.25) is 0 Å². The van der Waals surface area contributed by atoms with Gasteiger partial charge in [0.15, 0.2) is 0 Å². The fraction of sp³-hybridized carbons (Fsp3) is 0.581. The van der Waals surface area contributed by atoms with Crippen molar-refractivity contribution in [3.05, 3.63) is 29.8 Å². The number of carbonyl (C=O) groups is 7. The first-order valence-electron chi connectivity index (χ1n) is 15.4. The summed E-state index contributed by atoms with van der Waals surface area (Å²) in [5.41, 5.74) is 6.32. The maximum atomic E-state index is 13.3. The normalized spacial score (nSPS) is 15.7.